The third-order valence-electron chi connectivity index (χ3n) is 6.55. The predicted octanol–water partition coefficient (Wildman–Crippen LogP) is 4.50. The second-order valence-corrected chi connectivity index (χ2v) is 8.56. The van der Waals surface area contributed by atoms with Gasteiger partial charge in [0.15, 0.2) is 0 Å². The van der Waals surface area contributed by atoms with E-state index in [1.165, 1.54) is 24.8 Å². The van der Waals surface area contributed by atoms with E-state index in [1.54, 1.807) is 18.2 Å². The van der Waals surface area contributed by atoms with E-state index >= 15 is 0 Å². The van der Waals surface area contributed by atoms with Crippen LogP contribution in [0.4, 0.5) is 4.39 Å². The van der Waals surface area contributed by atoms with Gasteiger partial charge in [-0.3, -0.25) is 9.69 Å². The van der Waals surface area contributed by atoms with E-state index in [9.17, 15) is 14.3 Å². The van der Waals surface area contributed by atoms with E-state index in [0.29, 0.717) is 24.2 Å². The zero-order valence-corrected chi connectivity index (χ0v) is 18.8. The summed E-state index contributed by atoms with van der Waals surface area (Å²) >= 11 is 0. The molecular formula is C27H29FN2O3. The minimum absolute atomic E-state index is 0.0881. The zero-order chi connectivity index (χ0) is 23.3. The lowest BCUT2D eigenvalue weighted by molar-refractivity contribution is 0.0911. The summed E-state index contributed by atoms with van der Waals surface area (Å²) in [6.45, 7) is 2.69. The van der Waals surface area contributed by atoms with E-state index in [0.717, 1.165) is 19.6 Å². The number of carbonyl (C=O) groups is 1. The SMILES string of the molecule is COc1cccc(O)c1C(=O)NCC1(c2ccccc2F)CCN(Cc2ccccc2)CC1. The highest BCUT2D eigenvalue weighted by Crippen LogP contribution is 2.37. The molecule has 0 bridgehead atoms. The average Bonchev–Trinajstić information content (AvgIpc) is 2.84. The molecule has 172 valence electrons. The van der Waals surface area contributed by atoms with E-state index in [-0.39, 0.29) is 23.7 Å². The van der Waals surface area contributed by atoms with Crippen LogP contribution in [-0.4, -0.2) is 42.7 Å². The maximum Gasteiger partial charge on any atom is 0.258 e. The largest absolute Gasteiger partial charge is 0.507 e. The van der Waals surface area contributed by atoms with Crippen LogP contribution in [-0.2, 0) is 12.0 Å². The van der Waals surface area contributed by atoms with Gasteiger partial charge in [0.1, 0.15) is 22.9 Å². The zero-order valence-electron chi connectivity index (χ0n) is 18.8. The monoisotopic (exact) mass is 448 g/mol. The molecule has 3 aromatic carbocycles. The molecule has 2 N–H and O–H groups in total. The van der Waals surface area contributed by atoms with Crippen molar-refractivity contribution in [1.29, 1.82) is 0 Å². The first-order valence-electron chi connectivity index (χ1n) is 11.2. The summed E-state index contributed by atoms with van der Waals surface area (Å²) < 4.78 is 20.2. The van der Waals surface area contributed by atoms with Crippen LogP contribution in [0.15, 0.2) is 72.8 Å². The van der Waals surface area contributed by atoms with Crippen LogP contribution in [0.2, 0.25) is 0 Å². The Hall–Kier alpha value is -3.38. The maximum absolute atomic E-state index is 14.9. The fraction of sp³-hybridized carbons (Fsp3) is 0.296. The van der Waals surface area contributed by atoms with Crippen molar-refractivity contribution >= 4 is 5.91 Å². The van der Waals surface area contributed by atoms with Gasteiger partial charge >= 0.3 is 0 Å². The molecule has 5 nitrogen and oxygen atoms in total. The van der Waals surface area contributed by atoms with Crippen molar-refractivity contribution in [3.05, 3.63) is 95.3 Å². The first-order chi connectivity index (χ1) is 16.0. The van der Waals surface area contributed by atoms with Crippen molar-refractivity contribution < 1.29 is 19.0 Å². The van der Waals surface area contributed by atoms with Crippen molar-refractivity contribution in [2.45, 2.75) is 24.8 Å². The van der Waals surface area contributed by atoms with Crippen molar-refractivity contribution in [2.75, 3.05) is 26.7 Å². The van der Waals surface area contributed by atoms with Crippen LogP contribution in [0.1, 0.15) is 34.3 Å². The number of nitrogens with zero attached hydrogens (tertiary/aromatic N) is 1. The molecule has 0 saturated carbocycles. The summed E-state index contributed by atoms with van der Waals surface area (Å²) in [5.74, 6) is -0.551. The molecule has 1 fully saturated rings. The van der Waals surface area contributed by atoms with Gasteiger partial charge in [-0.15, -0.1) is 0 Å². The second kappa shape index (κ2) is 10.0. The molecule has 1 aliphatic heterocycles. The number of nitrogens with one attached hydrogen (secondary N) is 1. The molecule has 0 aliphatic carbocycles. The molecule has 0 spiro atoms. The Bertz CT molecular complexity index is 1100. The Kier molecular flexibility index (Phi) is 6.94. The summed E-state index contributed by atoms with van der Waals surface area (Å²) in [5, 5.41) is 13.2. The molecule has 1 heterocycles. The number of carbonyl (C=O) groups excluding carboxylic acids is 1. The number of benzene rings is 3. The van der Waals surface area contributed by atoms with Crippen LogP contribution < -0.4 is 10.1 Å². The molecule has 3 aromatic rings. The number of ether oxygens (including phenoxy) is 1. The molecule has 1 aliphatic rings. The molecular weight excluding hydrogens is 419 g/mol. The minimum atomic E-state index is -0.536. The lowest BCUT2D eigenvalue weighted by Crippen LogP contribution is -2.49. The Morgan fingerprint density at radius 2 is 1.73 bits per heavy atom. The number of rotatable bonds is 7. The molecule has 4 rings (SSSR count). The van der Waals surface area contributed by atoms with Crippen molar-refractivity contribution in [2.24, 2.45) is 0 Å². The topological polar surface area (TPSA) is 61.8 Å². The standard InChI is InChI=1S/C27H29FN2O3/c1-33-24-13-7-12-23(31)25(24)26(32)29-19-27(21-10-5-6-11-22(21)28)14-16-30(17-15-27)18-20-8-3-2-4-9-20/h2-13,31H,14-19H2,1H3,(H,29,32). The lowest BCUT2D eigenvalue weighted by Gasteiger charge is -2.42. The van der Waals surface area contributed by atoms with Crippen LogP contribution in [0, 0.1) is 5.82 Å². The molecule has 0 radical (unpaired) electrons. The van der Waals surface area contributed by atoms with Gasteiger partial charge in [-0.1, -0.05) is 54.6 Å². The second-order valence-electron chi connectivity index (χ2n) is 8.56. The highest BCUT2D eigenvalue weighted by atomic mass is 19.1. The Balaban J connectivity index is 1.53. The summed E-state index contributed by atoms with van der Waals surface area (Å²) in [5.41, 5.74) is 1.42. The molecule has 6 heteroatoms. The fourth-order valence-corrected chi connectivity index (χ4v) is 4.67. The van der Waals surface area contributed by atoms with Gasteiger partial charge in [0.25, 0.3) is 5.91 Å². The van der Waals surface area contributed by atoms with Gasteiger partial charge in [-0.05, 0) is 55.3 Å². The Morgan fingerprint density at radius 3 is 2.42 bits per heavy atom. The first kappa shape index (κ1) is 22.8. The molecule has 33 heavy (non-hydrogen) atoms. The van der Waals surface area contributed by atoms with Gasteiger partial charge in [0, 0.05) is 18.5 Å². The van der Waals surface area contributed by atoms with Gasteiger partial charge in [-0.2, -0.15) is 0 Å². The number of likely N-dealkylation sites (tertiary alicyclic amines) is 1. The summed E-state index contributed by atoms with van der Waals surface area (Å²) in [6.07, 6.45) is 1.41. The van der Waals surface area contributed by atoms with Crippen molar-refractivity contribution in [3.63, 3.8) is 0 Å². The number of phenols is 1. The van der Waals surface area contributed by atoms with Crippen LogP contribution in [0.3, 0.4) is 0 Å². The van der Waals surface area contributed by atoms with Crippen LogP contribution in [0.25, 0.3) is 0 Å². The van der Waals surface area contributed by atoms with E-state index in [2.05, 4.69) is 22.3 Å². The minimum Gasteiger partial charge on any atom is -0.507 e. The molecule has 0 atom stereocenters. The van der Waals surface area contributed by atoms with Gasteiger partial charge in [0.05, 0.1) is 7.11 Å². The molecule has 1 amide bonds. The van der Waals surface area contributed by atoms with Crippen molar-refractivity contribution in [1.82, 2.24) is 10.2 Å². The number of methoxy groups -OCH3 is 1. The maximum atomic E-state index is 14.9. The third-order valence-corrected chi connectivity index (χ3v) is 6.55. The number of hydrogen-bond donors (Lipinski definition) is 2. The smallest absolute Gasteiger partial charge is 0.258 e. The number of halogens is 1. The Labute approximate surface area is 193 Å². The van der Waals surface area contributed by atoms with E-state index in [1.807, 2.05) is 30.3 Å². The fourth-order valence-electron chi connectivity index (χ4n) is 4.67. The van der Waals surface area contributed by atoms with Crippen molar-refractivity contribution in [3.8, 4) is 11.5 Å². The first-order valence-corrected chi connectivity index (χ1v) is 11.2. The third kappa shape index (κ3) is 5.01. The van der Waals surface area contributed by atoms with E-state index < -0.39 is 11.3 Å². The normalized spacial score (nSPS) is 15.7. The number of phenolic OH excluding ortho intramolecular Hbond substituents is 1. The summed E-state index contributed by atoms with van der Waals surface area (Å²) in [7, 11) is 1.45. The summed E-state index contributed by atoms with van der Waals surface area (Å²) in [4.78, 5) is 15.4. The lowest BCUT2D eigenvalue weighted by atomic mass is 9.72. The number of amides is 1. The van der Waals surface area contributed by atoms with Gasteiger partial charge < -0.3 is 15.2 Å². The van der Waals surface area contributed by atoms with E-state index in [4.69, 9.17) is 4.74 Å². The van der Waals surface area contributed by atoms with Crippen LogP contribution >= 0.6 is 0 Å². The molecule has 0 aromatic heterocycles. The quantitative estimate of drug-likeness (QED) is 0.559. The van der Waals surface area contributed by atoms with Gasteiger partial charge in [0.2, 0.25) is 0 Å². The number of hydrogen-bond acceptors (Lipinski definition) is 4. The van der Waals surface area contributed by atoms with Crippen LogP contribution in [0.5, 0.6) is 11.5 Å². The molecule has 0 unspecified atom stereocenters. The Morgan fingerprint density at radius 1 is 1.03 bits per heavy atom. The van der Waals surface area contributed by atoms with Gasteiger partial charge in [-0.25, -0.2) is 4.39 Å². The molecule has 1 saturated heterocycles. The highest BCUT2D eigenvalue weighted by Gasteiger charge is 2.38. The number of aromatic hydroxyl groups is 1. The number of piperidine rings is 1. The predicted molar refractivity (Wildman–Crippen MR) is 126 cm³/mol. The summed E-state index contributed by atoms with van der Waals surface area (Å²) in [6, 6.07) is 21.8. The average molecular weight is 449 g/mol. The highest BCUT2D eigenvalue weighted by molar-refractivity contribution is 5.99.